The van der Waals surface area contributed by atoms with Gasteiger partial charge in [0.25, 0.3) is 0 Å². The van der Waals surface area contributed by atoms with Crippen molar-refractivity contribution in [3.8, 4) is 0 Å². The third-order valence-corrected chi connectivity index (χ3v) is 1.37. The fraction of sp³-hybridized carbons (Fsp3) is 0.143. The van der Waals surface area contributed by atoms with E-state index in [4.69, 9.17) is 17.3 Å². The lowest BCUT2D eigenvalue weighted by molar-refractivity contribution is -0.117. The Morgan fingerprint density at radius 1 is 1.64 bits per heavy atom. The van der Waals surface area contributed by atoms with Crippen LogP contribution in [0.4, 0.5) is 0 Å². The smallest absolute Gasteiger partial charge is 0.223 e. The van der Waals surface area contributed by atoms with Crippen molar-refractivity contribution in [3.05, 3.63) is 29.0 Å². The highest BCUT2D eigenvalue weighted by molar-refractivity contribution is 6.30. The summed E-state index contributed by atoms with van der Waals surface area (Å²) in [5.41, 5.74) is 5.59. The maximum Gasteiger partial charge on any atom is 0.223 e. The van der Waals surface area contributed by atoms with Crippen LogP contribution in [0.3, 0.4) is 0 Å². The van der Waals surface area contributed by atoms with Crippen molar-refractivity contribution in [2.24, 2.45) is 5.73 Å². The number of carbonyl (C=O) groups is 1. The van der Waals surface area contributed by atoms with E-state index in [0.717, 1.165) is 0 Å². The molecular weight excluding hydrogens is 164 g/mol. The molecule has 0 radical (unpaired) electrons. The Kier molecular flexibility index (Phi) is 2.44. The second-order valence-corrected chi connectivity index (χ2v) is 2.55. The number of nitrogens with zero attached hydrogens (tertiary/aromatic N) is 1. The molecule has 0 bridgehead atoms. The quantitative estimate of drug-likeness (QED) is 0.713. The average molecular weight is 171 g/mol. The van der Waals surface area contributed by atoms with E-state index in [0.29, 0.717) is 10.7 Å². The van der Waals surface area contributed by atoms with Crippen molar-refractivity contribution in [2.45, 2.75) is 6.42 Å². The summed E-state index contributed by atoms with van der Waals surface area (Å²) in [5, 5.41) is 0.554. The fourth-order valence-electron chi connectivity index (χ4n) is 0.690. The highest BCUT2D eigenvalue weighted by Crippen LogP contribution is 2.05. The molecule has 0 unspecified atom stereocenters. The maximum atomic E-state index is 10.4. The van der Waals surface area contributed by atoms with E-state index in [2.05, 4.69) is 4.98 Å². The lowest BCUT2D eigenvalue weighted by Crippen LogP contribution is -2.14. The molecule has 58 valence electrons. The van der Waals surface area contributed by atoms with Crippen LogP contribution in [0.1, 0.15) is 5.69 Å². The van der Waals surface area contributed by atoms with Gasteiger partial charge in [-0.3, -0.25) is 9.78 Å². The van der Waals surface area contributed by atoms with Crippen molar-refractivity contribution >= 4 is 17.5 Å². The average Bonchev–Trinajstić information content (AvgIpc) is 1.93. The van der Waals surface area contributed by atoms with Crippen molar-refractivity contribution in [1.29, 1.82) is 0 Å². The van der Waals surface area contributed by atoms with Crippen LogP contribution in [-0.4, -0.2) is 10.9 Å². The molecule has 1 amide bonds. The van der Waals surface area contributed by atoms with Gasteiger partial charge in [0.1, 0.15) is 0 Å². The van der Waals surface area contributed by atoms with Gasteiger partial charge in [-0.25, -0.2) is 0 Å². The van der Waals surface area contributed by atoms with Crippen LogP contribution in [0.15, 0.2) is 18.3 Å². The first kappa shape index (κ1) is 8.01. The monoisotopic (exact) mass is 170 g/mol. The van der Waals surface area contributed by atoms with Crippen molar-refractivity contribution < 1.29 is 4.79 Å². The Morgan fingerprint density at radius 2 is 2.36 bits per heavy atom. The normalized spacial score (nSPS) is 9.55. The van der Waals surface area contributed by atoms with E-state index in [9.17, 15) is 4.79 Å². The van der Waals surface area contributed by atoms with Crippen LogP contribution in [0.2, 0.25) is 5.02 Å². The van der Waals surface area contributed by atoms with Gasteiger partial charge in [-0.05, 0) is 12.1 Å². The van der Waals surface area contributed by atoms with E-state index < -0.39 is 0 Å². The molecule has 0 atom stereocenters. The largest absolute Gasteiger partial charge is 0.369 e. The van der Waals surface area contributed by atoms with Crippen molar-refractivity contribution in [3.63, 3.8) is 0 Å². The molecule has 2 N–H and O–H groups in total. The Labute approximate surface area is 69.2 Å². The predicted octanol–water partition coefficient (Wildman–Crippen LogP) is 0.763. The van der Waals surface area contributed by atoms with E-state index >= 15 is 0 Å². The minimum Gasteiger partial charge on any atom is -0.369 e. The second-order valence-electron chi connectivity index (χ2n) is 2.11. The number of amides is 1. The molecule has 4 heteroatoms. The molecule has 0 saturated heterocycles. The van der Waals surface area contributed by atoms with Gasteiger partial charge in [-0.15, -0.1) is 0 Å². The number of hydrogen-bond donors (Lipinski definition) is 1. The Bertz CT molecular complexity index is 258. The third-order valence-electron chi connectivity index (χ3n) is 1.14. The molecule has 0 aliphatic rings. The Balaban J connectivity index is 2.74. The van der Waals surface area contributed by atoms with Crippen LogP contribution in [0.5, 0.6) is 0 Å². The highest BCUT2D eigenvalue weighted by atomic mass is 35.5. The first-order valence-corrected chi connectivity index (χ1v) is 3.45. The standard InChI is InChI=1S/C7H7ClN2O/c8-5-1-2-6(10-4-5)3-7(9)11/h1-2,4H,3H2,(H2,9,11). The van der Waals surface area contributed by atoms with Gasteiger partial charge in [0.05, 0.1) is 11.4 Å². The molecule has 0 fully saturated rings. The molecule has 1 heterocycles. The van der Waals surface area contributed by atoms with Crippen LogP contribution in [0.25, 0.3) is 0 Å². The molecule has 0 aromatic carbocycles. The molecular formula is C7H7ClN2O. The van der Waals surface area contributed by atoms with Gasteiger partial charge in [-0.2, -0.15) is 0 Å². The molecule has 11 heavy (non-hydrogen) atoms. The zero-order valence-corrected chi connectivity index (χ0v) is 6.51. The number of halogens is 1. The summed E-state index contributed by atoms with van der Waals surface area (Å²) in [6, 6.07) is 3.35. The summed E-state index contributed by atoms with van der Waals surface area (Å²) in [5.74, 6) is -0.389. The van der Waals surface area contributed by atoms with E-state index in [1.165, 1.54) is 6.20 Å². The summed E-state index contributed by atoms with van der Waals surface area (Å²) in [6.07, 6.45) is 1.65. The molecule has 0 aliphatic heterocycles. The van der Waals surface area contributed by atoms with Gasteiger partial charge in [-0.1, -0.05) is 11.6 Å². The number of primary amides is 1. The first-order chi connectivity index (χ1) is 5.18. The number of pyridine rings is 1. The molecule has 1 aromatic heterocycles. The topological polar surface area (TPSA) is 56.0 Å². The van der Waals surface area contributed by atoms with Crippen LogP contribution < -0.4 is 5.73 Å². The minimum atomic E-state index is -0.389. The molecule has 1 rings (SSSR count). The zero-order chi connectivity index (χ0) is 8.27. The van der Waals surface area contributed by atoms with Gasteiger partial charge in [0.15, 0.2) is 0 Å². The minimum absolute atomic E-state index is 0.164. The molecule has 1 aromatic rings. The number of nitrogens with two attached hydrogens (primary N) is 1. The van der Waals surface area contributed by atoms with E-state index in [-0.39, 0.29) is 12.3 Å². The van der Waals surface area contributed by atoms with Gasteiger partial charge in [0.2, 0.25) is 5.91 Å². The lowest BCUT2D eigenvalue weighted by Gasteiger charge is -1.94. The number of rotatable bonds is 2. The summed E-state index contributed by atoms with van der Waals surface area (Å²) < 4.78 is 0. The highest BCUT2D eigenvalue weighted by Gasteiger charge is 1.98. The maximum absolute atomic E-state index is 10.4. The number of carbonyl (C=O) groups excluding carboxylic acids is 1. The predicted molar refractivity (Wildman–Crippen MR) is 42.1 cm³/mol. The number of hydrogen-bond acceptors (Lipinski definition) is 2. The van der Waals surface area contributed by atoms with Gasteiger partial charge in [0, 0.05) is 11.9 Å². The third kappa shape index (κ3) is 2.55. The molecule has 0 saturated carbocycles. The molecule has 3 nitrogen and oxygen atoms in total. The summed E-state index contributed by atoms with van der Waals surface area (Å²) in [6.45, 7) is 0. The molecule has 0 aliphatic carbocycles. The Morgan fingerprint density at radius 3 is 2.82 bits per heavy atom. The van der Waals surface area contributed by atoms with Gasteiger partial charge >= 0.3 is 0 Å². The Hall–Kier alpha value is -1.09. The summed E-state index contributed by atoms with van der Waals surface area (Å²) in [4.78, 5) is 14.3. The molecule has 0 spiro atoms. The first-order valence-electron chi connectivity index (χ1n) is 3.07. The summed E-state index contributed by atoms with van der Waals surface area (Å²) in [7, 11) is 0. The SMILES string of the molecule is NC(=O)Cc1ccc(Cl)cn1. The fourth-order valence-corrected chi connectivity index (χ4v) is 0.801. The zero-order valence-electron chi connectivity index (χ0n) is 5.75. The van der Waals surface area contributed by atoms with Crippen LogP contribution >= 0.6 is 11.6 Å². The summed E-state index contributed by atoms with van der Waals surface area (Å²) >= 11 is 5.57. The van der Waals surface area contributed by atoms with E-state index in [1.807, 2.05) is 0 Å². The van der Waals surface area contributed by atoms with Crippen molar-refractivity contribution in [1.82, 2.24) is 4.98 Å². The van der Waals surface area contributed by atoms with Crippen LogP contribution in [0, 0.1) is 0 Å². The van der Waals surface area contributed by atoms with Crippen LogP contribution in [-0.2, 0) is 11.2 Å². The number of aromatic nitrogens is 1. The van der Waals surface area contributed by atoms with E-state index in [1.54, 1.807) is 12.1 Å². The lowest BCUT2D eigenvalue weighted by atomic mass is 10.3. The van der Waals surface area contributed by atoms with Gasteiger partial charge < -0.3 is 5.73 Å². The second kappa shape index (κ2) is 3.34. The van der Waals surface area contributed by atoms with Crippen molar-refractivity contribution in [2.75, 3.05) is 0 Å².